The lowest BCUT2D eigenvalue weighted by Gasteiger charge is -2.07. The molecule has 0 spiro atoms. The van der Waals surface area contributed by atoms with Crippen molar-refractivity contribution in [2.45, 2.75) is 25.5 Å². The van der Waals surface area contributed by atoms with Gasteiger partial charge in [0.05, 0.1) is 13.2 Å². The zero-order valence-corrected chi connectivity index (χ0v) is 9.88. The van der Waals surface area contributed by atoms with E-state index in [0.717, 1.165) is 5.56 Å². The molecule has 0 fully saturated rings. The van der Waals surface area contributed by atoms with Gasteiger partial charge in [-0.3, -0.25) is 4.79 Å². The van der Waals surface area contributed by atoms with Crippen molar-refractivity contribution in [3.63, 3.8) is 0 Å². The molecule has 0 aliphatic carbocycles. The number of rotatable bonds is 3. The van der Waals surface area contributed by atoms with Gasteiger partial charge in [-0.1, -0.05) is 6.07 Å². The van der Waals surface area contributed by atoms with Crippen LogP contribution in [0.3, 0.4) is 0 Å². The van der Waals surface area contributed by atoms with Gasteiger partial charge in [-0.2, -0.15) is 0 Å². The van der Waals surface area contributed by atoms with E-state index >= 15 is 0 Å². The second kappa shape index (κ2) is 4.85. The van der Waals surface area contributed by atoms with Crippen molar-refractivity contribution >= 4 is 17.5 Å². The molecule has 2 rings (SSSR count). The molecule has 3 nitrogen and oxygen atoms in total. The van der Waals surface area contributed by atoms with E-state index in [1.165, 1.54) is 5.56 Å². The van der Waals surface area contributed by atoms with Crippen LogP contribution in [0.5, 0.6) is 0 Å². The SMILES string of the molecule is CC(Cl)CNC(=O)c1ccc2c(c1)COC2. The second-order valence-corrected chi connectivity index (χ2v) is 4.71. The lowest BCUT2D eigenvalue weighted by molar-refractivity contribution is 0.0953. The van der Waals surface area contributed by atoms with E-state index in [1.807, 2.05) is 25.1 Å². The summed E-state index contributed by atoms with van der Waals surface area (Å²) in [6.45, 7) is 3.57. The molecule has 16 heavy (non-hydrogen) atoms. The number of fused-ring (bicyclic) bond motifs is 1. The number of carbonyl (C=O) groups excluding carboxylic acids is 1. The van der Waals surface area contributed by atoms with E-state index in [0.29, 0.717) is 25.3 Å². The molecular formula is C12H14ClNO2. The first-order chi connectivity index (χ1) is 7.66. The fourth-order valence-corrected chi connectivity index (χ4v) is 1.73. The van der Waals surface area contributed by atoms with Crippen LogP contribution < -0.4 is 5.32 Å². The molecule has 4 heteroatoms. The Balaban J connectivity index is 2.06. The average Bonchev–Trinajstić information content (AvgIpc) is 2.72. The quantitative estimate of drug-likeness (QED) is 0.821. The molecule has 1 heterocycles. The zero-order valence-electron chi connectivity index (χ0n) is 9.13. The molecule has 1 N–H and O–H groups in total. The number of halogens is 1. The van der Waals surface area contributed by atoms with Crippen molar-refractivity contribution in [2.24, 2.45) is 0 Å². The van der Waals surface area contributed by atoms with Gasteiger partial charge in [0.1, 0.15) is 0 Å². The smallest absolute Gasteiger partial charge is 0.251 e. The largest absolute Gasteiger partial charge is 0.372 e. The lowest BCUT2D eigenvalue weighted by Crippen LogP contribution is -2.28. The monoisotopic (exact) mass is 239 g/mol. The molecule has 0 saturated carbocycles. The second-order valence-electron chi connectivity index (χ2n) is 3.97. The van der Waals surface area contributed by atoms with Crippen LogP contribution in [0.15, 0.2) is 18.2 Å². The summed E-state index contributed by atoms with van der Waals surface area (Å²) < 4.78 is 5.30. The summed E-state index contributed by atoms with van der Waals surface area (Å²) in [5.74, 6) is -0.0813. The Hall–Kier alpha value is -1.06. The summed E-state index contributed by atoms with van der Waals surface area (Å²) >= 11 is 5.77. The van der Waals surface area contributed by atoms with Gasteiger partial charge in [-0.05, 0) is 30.2 Å². The molecule has 1 aromatic rings. The fraction of sp³-hybridized carbons (Fsp3) is 0.417. The van der Waals surface area contributed by atoms with Gasteiger partial charge in [-0.15, -0.1) is 11.6 Å². The first kappa shape index (κ1) is 11.4. The van der Waals surface area contributed by atoms with Crippen LogP contribution in [0.4, 0.5) is 0 Å². The van der Waals surface area contributed by atoms with Crippen LogP contribution in [0.1, 0.15) is 28.4 Å². The van der Waals surface area contributed by atoms with E-state index in [9.17, 15) is 4.79 Å². The van der Waals surface area contributed by atoms with E-state index in [4.69, 9.17) is 16.3 Å². The number of hydrogen-bond donors (Lipinski definition) is 1. The van der Waals surface area contributed by atoms with Crippen LogP contribution in [0.2, 0.25) is 0 Å². The molecule has 1 aromatic carbocycles. The van der Waals surface area contributed by atoms with Gasteiger partial charge in [0.15, 0.2) is 0 Å². The highest BCUT2D eigenvalue weighted by Crippen LogP contribution is 2.20. The van der Waals surface area contributed by atoms with Gasteiger partial charge in [0.2, 0.25) is 0 Å². The maximum absolute atomic E-state index is 11.7. The highest BCUT2D eigenvalue weighted by atomic mass is 35.5. The number of benzene rings is 1. The number of alkyl halides is 1. The maximum Gasteiger partial charge on any atom is 0.251 e. The molecular weight excluding hydrogens is 226 g/mol. The predicted molar refractivity (Wildman–Crippen MR) is 62.6 cm³/mol. The van der Waals surface area contributed by atoms with Crippen molar-refractivity contribution in [1.29, 1.82) is 0 Å². The van der Waals surface area contributed by atoms with Gasteiger partial charge >= 0.3 is 0 Å². The molecule has 86 valence electrons. The van der Waals surface area contributed by atoms with E-state index < -0.39 is 0 Å². The van der Waals surface area contributed by atoms with Crippen LogP contribution in [0.25, 0.3) is 0 Å². The Morgan fingerprint density at radius 1 is 1.50 bits per heavy atom. The minimum atomic E-state index is -0.0813. The Bertz CT molecular complexity index is 404. The van der Waals surface area contributed by atoms with Gasteiger partial charge in [0.25, 0.3) is 5.91 Å². The number of ether oxygens (including phenoxy) is 1. The van der Waals surface area contributed by atoms with E-state index in [2.05, 4.69) is 5.32 Å². The molecule has 0 saturated heterocycles. The molecule has 1 aliphatic rings. The number of amides is 1. The average molecular weight is 240 g/mol. The number of carbonyl (C=O) groups is 1. The highest BCUT2D eigenvalue weighted by molar-refractivity contribution is 6.20. The van der Waals surface area contributed by atoms with Crippen molar-refractivity contribution < 1.29 is 9.53 Å². The molecule has 1 unspecified atom stereocenters. The van der Waals surface area contributed by atoms with Crippen LogP contribution in [0, 0.1) is 0 Å². The van der Waals surface area contributed by atoms with Crippen molar-refractivity contribution in [3.8, 4) is 0 Å². The summed E-state index contributed by atoms with van der Waals surface area (Å²) in [6.07, 6.45) is 0. The van der Waals surface area contributed by atoms with Crippen molar-refractivity contribution in [3.05, 3.63) is 34.9 Å². The fourth-order valence-electron chi connectivity index (χ4n) is 1.65. The van der Waals surface area contributed by atoms with Crippen molar-refractivity contribution in [2.75, 3.05) is 6.54 Å². The molecule has 1 amide bonds. The number of hydrogen-bond acceptors (Lipinski definition) is 2. The minimum Gasteiger partial charge on any atom is -0.372 e. The van der Waals surface area contributed by atoms with Crippen molar-refractivity contribution in [1.82, 2.24) is 5.32 Å². The summed E-state index contributed by atoms with van der Waals surface area (Å²) in [5.41, 5.74) is 2.94. The van der Waals surface area contributed by atoms with Crippen LogP contribution in [-0.2, 0) is 18.0 Å². The third-order valence-corrected chi connectivity index (χ3v) is 2.68. The topological polar surface area (TPSA) is 38.3 Å². The molecule has 1 atom stereocenters. The minimum absolute atomic E-state index is 0.0540. The summed E-state index contributed by atoms with van der Waals surface area (Å²) in [6, 6.07) is 5.65. The Morgan fingerprint density at radius 2 is 2.25 bits per heavy atom. The predicted octanol–water partition coefficient (Wildman–Crippen LogP) is 2.07. The van der Waals surface area contributed by atoms with Gasteiger partial charge < -0.3 is 10.1 Å². The first-order valence-electron chi connectivity index (χ1n) is 5.28. The van der Waals surface area contributed by atoms with Crippen LogP contribution in [-0.4, -0.2) is 17.8 Å². The molecule has 1 aliphatic heterocycles. The molecule has 0 aromatic heterocycles. The Morgan fingerprint density at radius 3 is 3.00 bits per heavy atom. The van der Waals surface area contributed by atoms with Gasteiger partial charge in [-0.25, -0.2) is 0 Å². The standard InChI is InChI=1S/C12H14ClNO2/c1-8(13)5-14-12(15)9-2-3-10-6-16-7-11(10)4-9/h2-4,8H,5-7H2,1H3,(H,14,15). The van der Waals surface area contributed by atoms with E-state index in [-0.39, 0.29) is 11.3 Å². The van der Waals surface area contributed by atoms with Crippen LogP contribution >= 0.6 is 11.6 Å². The summed E-state index contributed by atoms with van der Waals surface area (Å²) in [4.78, 5) is 11.7. The molecule has 0 bridgehead atoms. The van der Waals surface area contributed by atoms with E-state index in [1.54, 1.807) is 0 Å². The third-order valence-electron chi connectivity index (χ3n) is 2.53. The highest BCUT2D eigenvalue weighted by Gasteiger charge is 2.14. The van der Waals surface area contributed by atoms with Gasteiger partial charge in [0, 0.05) is 17.5 Å². The normalized spacial score (nSPS) is 15.6. The Labute approximate surface area is 99.7 Å². The molecule has 0 radical (unpaired) electrons. The maximum atomic E-state index is 11.7. The summed E-state index contributed by atoms with van der Waals surface area (Å²) in [5, 5.41) is 2.72. The summed E-state index contributed by atoms with van der Waals surface area (Å²) in [7, 11) is 0. The zero-order chi connectivity index (χ0) is 11.5. The Kier molecular flexibility index (Phi) is 3.46. The first-order valence-corrected chi connectivity index (χ1v) is 5.72. The third kappa shape index (κ3) is 2.54. The number of nitrogens with one attached hydrogen (secondary N) is 1. The lowest BCUT2D eigenvalue weighted by atomic mass is 10.1.